The van der Waals surface area contributed by atoms with Crippen LogP contribution in [-0.2, 0) is 17.6 Å². The van der Waals surface area contributed by atoms with E-state index in [1.165, 1.54) is 14.2 Å². The van der Waals surface area contributed by atoms with E-state index in [1.54, 1.807) is 25.1 Å². The van der Waals surface area contributed by atoms with Gasteiger partial charge in [0.25, 0.3) is 0 Å². The van der Waals surface area contributed by atoms with Crippen molar-refractivity contribution in [2.45, 2.75) is 19.8 Å². The average molecular weight is 310 g/mol. The third kappa shape index (κ3) is 3.76. The van der Waals surface area contributed by atoms with Crippen molar-refractivity contribution in [3.63, 3.8) is 0 Å². The van der Waals surface area contributed by atoms with Crippen LogP contribution >= 0.6 is 11.6 Å². The second-order valence-electron chi connectivity index (χ2n) is 4.62. The van der Waals surface area contributed by atoms with Crippen molar-refractivity contribution in [3.8, 4) is 11.5 Å². The van der Waals surface area contributed by atoms with Gasteiger partial charge < -0.3 is 14.0 Å². The molecule has 1 heterocycles. The van der Waals surface area contributed by atoms with Gasteiger partial charge in [-0.1, -0.05) is 16.8 Å². The molecule has 0 amide bonds. The molecule has 0 N–H and O–H groups in total. The largest absolute Gasteiger partial charge is 0.496 e. The molecule has 0 unspecified atom stereocenters. The molecule has 5 nitrogen and oxygen atoms in total. The van der Waals surface area contributed by atoms with Crippen LogP contribution in [0.25, 0.3) is 0 Å². The molecule has 0 radical (unpaired) electrons. The first-order valence-corrected chi connectivity index (χ1v) is 6.75. The monoisotopic (exact) mass is 309 g/mol. The predicted molar refractivity (Wildman–Crippen MR) is 78.2 cm³/mol. The molecule has 112 valence electrons. The lowest BCUT2D eigenvalue weighted by Crippen LogP contribution is -2.08. The van der Waals surface area contributed by atoms with Gasteiger partial charge in [-0.15, -0.1) is 0 Å². The first-order valence-electron chi connectivity index (χ1n) is 6.37. The van der Waals surface area contributed by atoms with Crippen molar-refractivity contribution < 1.29 is 18.8 Å². The molecule has 0 aliphatic rings. The fourth-order valence-corrected chi connectivity index (χ4v) is 2.30. The van der Waals surface area contributed by atoms with Crippen LogP contribution in [0.2, 0.25) is 5.02 Å². The minimum Gasteiger partial charge on any atom is -0.496 e. The molecule has 2 rings (SSSR count). The summed E-state index contributed by atoms with van der Waals surface area (Å²) in [4.78, 5) is 12.1. The number of benzene rings is 1. The Bertz CT molecular complexity index is 651. The molecule has 0 aliphatic heterocycles. The number of aryl methyl sites for hydroxylation is 1. The van der Waals surface area contributed by atoms with Gasteiger partial charge in [0.15, 0.2) is 0 Å². The summed E-state index contributed by atoms with van der Waals surface area (Å²) >= 11 is 6.09. The summed E-state index contributed by atoms with van der Waals surface area (Å²) in [7, 11) is 3.07. The quantitative estimate of drug-likeness (QED) is 0.821. The number of ketones is 1. The molecule has 0 atom stereocenters. The van der Waals surface area contributed by atoms with Gasteiger partial charge in [0.05, 0.1) is 31.4 Å². The average Bonchev–Trinajstić information content (AvgIpc) is 2.84. The summed E-state index contributed by atoms with van der Waals surface area (Å²) in [6.45, 7) is 1.78. The Labute approximate surface area is 127 Å². The molecule has 2 aromatic rings. The number of hydrogen-bond acceptors (Lipinski definition) is 5. The van der Waals surface area contributed by atoms with Crippen LogP contribution in [-0.4, -0.2) is 25.2 Å². The second kappa shape index (κ2) is 6.63. The van der Waals surface area contributed by atoms with E-state index >= 15 is 0 Å². The highest BCUT2D eigenvalue weighted by Gasteiger charge is 2.15. The van der Waals surface area contributed by atoms with Crippen LogP contribution in [0, 0.1) is 6.92 Å². The summed E-state index contributed by atoms with van der Waals surface area (Å²) in [6.07, 6.45) is 0.420. The third-order valence-corrected chi connectivity index (χ3v) is 3.29. The highest BCUT2D eigenvalue weighted by Crippen LogP contribution is 2.32. The zero-order chi connectivity index (χ0) is 15.4. The van der Waals surface area contributed by atoms with Gasteiger partial charge in [-0.2, -0.15) is 0 Å². The molecule has 0 fully saturated rings. The van der Waals surface area contributed by atoms with Crippen LogP contribution in [0.1, 0.15) is 17.0 Å². The maximum atomic E-state index is 12.1. The molecule has 0 saturated heterocycles. The Balaban J connectivity index is 2.14. The first-order chi connectivity index (χ1) is 10.0. The summed E-state index contributed by atoms with van der Waals surface area (Å²) in [6, 6.07) is 5.10. The standard InChI is InChI=1S/C15H16ClNO4/c1-9-4-11(17-21-9)7-12(18)5-10-6-13(16)15(20-3)8-14(10)19-2/h4,6,8H,5,7H2,1-3H3. The number of carbonyl (C=O) groups is 1. The molecule has 1 aromatic carbocycles. The van der Waals surface area contributed by atoms with E-state index in [1.807, 2.05) is 0 Å². The molecule has 0 spiro atoms. The van der Waals surface area contributed by atoms with Gasteiger partial charge in [0.2, 0.25) is 0 Å². The molecule has 1 aromatic heterocycles. The fourth-order valence-electron chi connectivity index (χ4n) is 2.04. The smallest absolute Gasteiger partial charge is 0.143 e. The van der Waals surface area contributed by atoms with Gasteiger partial charge in [-0.05, 0) is 13.0 Å². The van der Waals surface area contributed by atoms with Crippen molar-refractivity contribution in [3.05, 3.63) is 40.2 Å². The number of carbonyl (C=O) groups excluding carboxylic acids is 1. The minimum absolute atomic E-state index is 0.00262. The number of rotatable bonds is 6. The van der Waals surface area contributed by atoms with Crippen molar-refractivity contribution in [1.29, 1.82) is 0 Å². The lowest BCUT2D eigenvalue weighted by molar-refractivity contribution is -0.117. The van der Waals surface area contributed by atoms with Crippen molar-refractivity contribution in [2.75, 3.05) is 14.2 Å². The van der Waals surface area contributed by atoms with E-state index in [-0.39, 0.29) is 18.6 Å². The summed E-state index contributed by atoms with van der Waals surface area (Å²) < 4.78 is 15.3. The second-order valence-corrected chi connectivity index (χ2v) is 5.03. The van der Waals surface area contributed by atoms with E-state index < -0.39 is 0 Å². The van der Waals surface area contributed by atoms with E-state index in [9.17, 15) is 4.79 Å². The van der Waals surface area contributed by atoms with Crippen LogP contribution < -0.4 is 9.47 Å². The Kier molecular flexibility index (Phi) is 4.85. The molecule has 6 heteroatoms. The highest BCUT2D eigenvalue weighted by molar-refractivity contribution is 6.32. The minimum atomic E-state index is 0.00262. The van der Waals surface area contributed by atoms with Crippen molar-refractivity contribution in [2.24, 2.45) is 0 Å². The Morgan fingerprint density at radius 3 is 2.48 bits per heavy atom. The Morgan fingerprint density at radius 1 is 1.19 bits per heavy atom. The zero-order valence-corrected chi connectivity index (χ0v) is 12.9. The summed E-state index contributed by atoms with van der Waals surface area (Å²) in [5.74, 6) is 1.77. The first kappa shape index (κ1) is 15.4. The van der Waals surface area contributed by atoms with Gasteiger partial charge in [-0.3, -0.25) is 4.79 Å². The van der Waals surface area contributed by atoms with E-state index in [2.05, 4.69) is 5.16 Å². The molecular formula is C15H16ClNO4. The van der Waals surface area contributed by atoms with E-state index in [0.717, 1.165) is 0 Å². The molecule has 0 bridgehead atoms. The number of methoxy groups -OCH3 is 2. The normalized spacial score (nSPS) is 10.5. The van der Waals surface area contributed by atoms with Crippen LogP contribution in [0.4, 0.5) is 0 Å². The van der Waals surface area contributed by atoms with Gasteiger partial charge in [-0.25, -0.2) is 0 Å². The van der Waals surface area contributed by atoms with Gasteiger partial charge in [0.1, 0.15) is 23.0 Å². The number of halogens is 1. The molecule has 21 heavy (non-hydrogen) atoms. The van der Waals surface area contributed by atoms with Crippen LogP contribution in [0.5, 0.6) is 11.5 Å². The number of nitrogens with zero attached hydrogens (tertiary/aromatic N) is 1. The van der Waals surface area contributed by atoms with Crippen LogP contribution in [0.15, 0.2) is 22.7 Å². The van der Waals surface area contributed by atoms with Gasteiger partial charge in [0, 0.05) is 24.1 Å². The summed E-state index contributed by atoms with van der Waals surface area (Å²) in [5, 5.41) is 4.25. The SMILES string of the molecule is COc1cc(OC)c(CC(=O)Cc2cc(C)on2)cc1Cl. The van der Waals surface area contributed by atoms with Crippen molar-refractivity contribution >= 4 is 17.4 Å². The summed E-state index contributed by atoms with van der Waals surface area (Å²) in [5.41, 5.74) is 1.34. The van der Waals surface area contributed by atoms with E-state index in [0.29, 0.717) is 33.5 Å². The van der Waals surface area contributed by atoms with Crippen molar-refractivity contribution in [1.82, 2.24) is 5.16 Å². The molecular weight excluding hydrogens is 294 g/mol. The topological polar surface area (TPSA) is 61.6 Å². The number of Topliss-reactive ketones (excluding diaryl/α,β-unsaturated/α-hetero) is 1. The maximum Gasteiger partial charge on any atom is 0.143 e. The Morgan fingerprint density at radius 2 is 1.90 bits per heavy atom. The number of hydrogen-bond donors (Lipinski definition) is 0. The number of aromatic nitrogens is 1. The fraction of sp³-hybridized carbons (Fsp3) is 0.333. The highest BCUT2D eigenvalue weighted by atomic mass is 35.5. The molecule has 0 saturated carbocycles. The number of ether oxygens (including phenoxy) is 2. The lowest BCUT2D eigenvalue weighted by Gasteiger charge is -2.11. The molecule has 0 aliphatic carbocycles. The maximum absolute atomic E-state index is 12.1. The zero-order valence-electron chi connectivity index (χ0n) is 12.1. The van der Waals surface area contributed by atoms with Crippen LogP contribution in [0.3, 0.4) is 0 Å². The van der Waals surface area contributed by atoms with Gasteiger partial charge >= 0.3 is 0 Å². The lowest BCUT2D eigenvalue weighted by atomic mass is 10.0. The Hall–Kier alpha value is -2.01. The third-order valence-electron chi connectivity index (χ3n) is 3.00. The van der Waals surface area contributed by atoms with E-state index in [4.69, 9.17) is 25.6 Å². The predicted octanol–water partition coefficient (Wildman–Crippen LogP) is 3.01.